The molecule has 146 valence electrons. The third-order valence-electron chi connectivity index (χ3n) is 4.81. The molecule has 0 fully saturated rings. The molecule has 1 N–H and O–H groups in total. The van der Waals surface area contributed by atoms with Crippen LogP contribution in [0.25, 0.3) is 21.9 Å². The molecule has 0 spiro atoms. The van der Waals surface area contributed by atoms with Gasteiger partial charge in [0, 0.05) is 12.1 Å². The van der Waals surface area contributed by atoms with Crippen LogP contribution in [0.4, 0.5) is 5.69 Å². The van der Waals surface area contributed by atoms with Crippen LogP contribution in [0, 0.1) is 10.1 Å². The number of carbonyl (C=O) groups is 1. The van der Waals surface area contributed by atoms with E-state index in [9.17, 15) is 19.7 Å². The molecule has 0 aliphatic carbocycles. The molecule has 0 saturated carbocycles. The Labute approximate surface area is 164 Å². The van der Waals surface area contributed by atoms with E-state index in [0.717, 1.165) is 20.9 Å². The molecule has 3 aromatic carbocycles. The molecule has 1 aromatic heterocycles. The zero-order valence-electron chi connectivity index (χ0n) is 15.5. The van der Waals surface area contributed by atoms with Crippen LogP contribution in [0.2, 0.25) is 0 Å². The second kappa shape index (κ2) is 7.23. The Morgan fingerprint density at radius 1 is 1.14 bits per heavy atom. The third-order valence-corrected chi connectivity index (χ3v) is 4.81. The fraction of sp³-hybridized carbons (Fsp3) is 0.143. The number of amides is 1. The number of nitrogens with one attached hydrogen (secondary N) is 1. The number of benzene rings is 3. The van der Waals surface area contributed by atoms with Crippen LogP contribution in [0.15, 0.2) is 69.9 Å². The number of nitro groups is 1. The molecular weight excluding hydrogens is 374 g/mol. The van der Waals surface area contributed by atoms with Crippen molar-refractivity contribution in [2.45, 2.75) is 19.5 Å². The number of nitro benzene ring substituents is 1. The Bertz CT molecular complexity index is 1300. The SMILES string of the molecule is CC(NC(=O)Cn1c(=O)oc2ccc([N+](=O)[O-])cc21)c1ccc2ccccc2c1. The van der Waals surface area contributed by atoms with E-state index >= 15 is 0 Å². The molecular formula is C21H17N3O5. The van der Waals surface area contributed by atoms with Crippen molar-refractivity contribution in [1.29, 1.82) is 0 Å². The lowest BCUT2D eigenvalue weighted by atomic mass is 10.0. The number of fused-ring (bicyclic) bond motifs is 2. The Morgan fingerprint density at radius 2 is 1.90 bits per heavy atom. The summed E-state index contributed by atoms with van der Waals surface area (Å²) in [6, 6.07) is 17.4. The maximum Gasteiger partial charge on any atom is 0.420 e. The predicted octanol–water partition coefficient (Wildman–Crippen LogP) is 3.53. The van der Waals surface area contributed by atoms with Crippen molar-refractivity contribution in [3.8, 4) is 0 Å². The number of hydrogen-bond acceptors (Lipinski definition) is 5. The lowest BCUT2D eigenvalue weighted by Crippen LogP contribution is -2.32. The molecule has 0 saturated heterocycles. The van der Waals surface area contributed by atoms with Gasteiger partial charge in [0.2, 0.25) is 5.91 Å². The van der Waals surface area contributed by atoms with Crippen molar-refractivity contribution < 1.29 is 14.1 Å². The van der Waals surface area contributed by atoms with Crippen LogP contribution < -0.4 is 11.1 Å². The first-order valence-corrected chi connectivity index (χ1v) is 8.98. The molecule has 29 heavy (non-hydrogen) atoms. The maximum atomic E-state index is 12.5. The van der Waals surface area contributed by atoms with Gasteiger partial charge in [-0.25, -0.2) is 4.79 Å². The van der Waals surface area contributed by atoms with Gasteiger partial charge in [-0.15, -0.1) is 0 Å². The van der Waals surface area contributed by atoms with Crippen LogP contribution in [0.3, 0.4) is 0 Å². The fourth-order valence-electron chi connectivity index (χ4n) is 3.30. The third kappa shape index (κ3) is 3.60. The fourth-order valence-corrected chi connectivity index (χ4v) is 3.30. The largest absolute Gasteiger partial charge is 0.420 e. The van der Waals surface area contributed by atoms with E-state index in [2.05, 4.69) is 5.32 Å². The van der Waals surface area contributed by atoms with Crippen molar-refractivity contribution in [2.24, 2.45) is 0 Å². The minimum absolute atomic E-state index is 0.183. The minimum atomic E-state index is -0.742. The molecule has 1 amide bonds. The quantitative estimate of drug-likeness (QED) is 0.414. The number of oxazole rings is 1. The number of non-ortho nitro benzene ring substituents is 1. The van der Waals surface area contributed by atoms with Crippen molar-refractivity contribution in [2.75, 3.05) is 0 Å². The van der Waals surface area contributed by atoms with Crippen molar-refractivity contribution in [3.05, 3.63) is 86.9 Å². The van der Waals surface area contributed by atoms with Crippen molar-refractivity contribution in [1.82, 2.24) is 9.88 Å². The summed E-state index contributed by atoms with van der Waals surface area (Å²) in [6.45, 7) is 1.55. The monoisotopic (exact) mass is 391 g/mol. The Hall–Kier alpha value is -3.94. The smallest absolute Gasteiger partial charge is 0.408 e. The summed E-state index contributed by atoms with van der Waals surface area (Å²) >= 11 is 0. The first-order chi connectivity index (χ1) is 13.9. The van der Waals surface area contributed by atoms with Gasteiger partial charge < -0.3 is 9.73 Å². The van der Waals surface area contributed by atoms with Gasteiger partial charge in [0.1, 0.15) is 6.54 Å². The Balaban J connectivity index is 1.56. The summed E-state index contributed by atoms with van der Waals surface area (Å²) in [7, 11) is 0. The van der Waals surface area contributed by atoms with E-state index in [0.29, 0.717) is 0 Å². The highest BCUT2D eigenvalue weighted by Crippen LogP contribution is 2.21. The van der Waals surface area contributed by atoms with Gasteiger partial charge in [-0.05, 0) is 35.4 Å². The van der Waals surface area contributed by atoms with Gasteiger partial charge >= 0.3 is 5.76 Å². The molecule has 1 heterocycles. The van der Waals surface area contributed by atoms with Gasteiger partial charge in [-0.2, -0.15) is 0 Å². The zero-order valence-corrected chi connectivity index (χ0v) is 15.5. The average molecular weight is 391 g/mol. The number of nitrogens with zero attached hydrogens (tertiary/aromatic N) is 2. The van der Waals surface area contributed by atoms with E-state index in [1.165, 1.54) is 18.2 Å². The summed E-state index contributed by atoms with van der Waals surface area (Å²) in [5.74, 6) is -1.14. The van der Waals surface area contributed by atoms with E-state index in [1.807, 2.05) is 49.4 Å². The molecule has 1 atom stereocenters. The summed E-state index contributed by atoms with van der Waals surface area (Å²) in [4.78, 5) is 35.1. The van der Waals surface area contributed by atoms with E-state index in [1.54, 1.807) is 0 Å². The van der Waals surface area contributed by atoms with Crippen LogP contribution in [-0.4, -0.2) is 15.4 Å². The molecule has 8 nitrogen and oxygen atoms in total. The molecule has 0 aliphatic rings. The summed E-state index contributed by atoms with van der Waals surface area (Å²) in [5, 5.41) is 16.0. The zero-order chi connectivity index (χ0) is 20.5. The molecule has 0 radical (unpaired) electrons. The lowest BCUT2D eigenvalue weighted by Gasteiger charge is -2.15. The van der Waals surface area contributed by atoms with Gasteiger partial charge in [0.05, 0.1) is 16.5 Å². The van der Waals surface area contributed by atoms with Crippen LogP contribution >= 0.6 is 0 Å². The second-order valence-electron chi connectivity index (χ2n) is 6.76. The van der Waals surface area contributed by atoms with Gasteiger partial charge in [0.15, 0.2) is 5.58 Å². The molecule has 0 aliphatic heterocycles. The van der Waals surface area contributed by atoms with Crippen LogP contribution in [0.5, 0.6) is 0 Å². The number of carbonyl (C=O) groups excluding carboxylic acids is 1. The highest BCUT2D eigenvalue weighted by molar-refractivity contribution is 5.84. The molecule has 4 rings (SSSR count). The topological polar surface area (TPSA) is 107 Å². The standard InChI is InChI=1S/C21H17N3O5/c1-13(15-7-6-14-4-2-3-5-16(14)10-15)22-20(25)12-23-18-11-17(24(27)28)8-9-19(18)29-21(23)26/h2-11,13H,12H2,1H3,(H,22,25). The predicted molar refractivity (Wildman–Crippen MR) is 108 cm³/mol. The number of aromatic nitrogens is 1. The van der Waals surface area contributed by atoms with E-state index < -0.39 is 16.6 Å². The van der Waals surface area contributed by atoms with Crippen molar-refractivity contribution in [3.63, 3.8) is 0 Å². The normalized spacial score (nSPS) is 12.2. The molecule has 1 unspecified atom stereocenters. The molecule has 0 bridgehead atoms. The molecule has 4 aromatic rings. The Morgan fingerprint density at radius 3 is 2.66 bits per heavy atom. The van der Waals surface area contributed by atoms with E-state index in [4.69, 9.17) is 4.42 Å². The first kappa shape index (κ1) is 18.4. The summed E-state index contributed by atoms with van der Waals surface area (Å²) in [5.41, 5.74) is 1.14. The average Bonchev–Trinajstić information content (AvgIpc) is 3.01. The second-order valence-corrected chi connectivity index (χ2v) is 6.76. The maximum absolute atomic E-state index is 12.5. The summed E-state index contributed by atoms with van der Waals surface area (Å²) in [6.07, 6.45) is 0. The van der Waals surface area contributed by atoms with E-state index in [-0.39, 0.29) is 29.4 Å². The lowest BCUT2D eigenvalue weighted by molar-refractivity contribution is -0.384. The van der Waals surface area contributed by atoms with Gasteiger partial charge in [-0.3, -0.25) is 19.5 Å². The van der Waals surface area contributed by atoms with Crippen molar-refractivity contribution >= 4 is 33.5 Å². The molecule has 8 heteroatoms. The van der Waals surface area contributed by atoms with Crippen LogP contribution in [-0.2, 0) is 11.3 Å². The highest BCUT2D eigenvalue weighted by Gasteiger charge is 2.17. The van der Waals surface area contributed by atoms with Crippen LogP contribution in [0.1, 0.15) is 18.5 Å². The Kier molecular flexibility index (Phi) is 4.59. The van der Waals surface area contributed by atoms with Gasteiger partial charge in [-0.1, -0.05) is 36.4 Å². The minimum Gasteiger partial charge on any atom is -0.408 e. The number of rotatable bonds is 5. The van der Waals surface area contributed by atoms with Gasteiger partial charge in [0.25, 0.3) is 5.69 Å². The number of hydrogen-bond donors (Lipinski definition) is 1. The first-order valence-electron chi connectivity index (χ1n) is 8.98. The summed E-state index contributed by atoms with van der Waals surface area (Å²) < 4.78 is 6.17. The highest BCUT2D eigenvalue weighted by atomic mass is 16.6.